The minimum Gasteiger partial charge on any atom is -0.369 e. The van der Waals surface area contributed by atoms with Gasteiger partial charge < -0.3 is 15.6 Å². The first-order chi connectivity index (χ1) is 12.5. The summed E-state index contributed by atoms with van der Waals surface area (Å²) in [5.74, 6) is 1.23. The Bertz CT molecular complexity index is 700. The number of aryl methyl sites for hydroxylation is 3. The number of H-pyrrole nitrogens is 1. The zero-order valence-corrected chi connectivity index (χ0v) is 19.0. The van der Waals surface area contributed by atoms with Gasteiger partial charge in [0.2, 0.25) is 0 Å². The predicted molar refractivity (Wildman–Crippen MR) is 119 cm³/mol. The predicted octanol–water partition coefficient (Wildman–Crippen LogP) is 5.59. The number of benzene rings is 1. The molecule has 0 spiro atoms. The lowest BCUT2D eigenvalue weighted by molar-refractivity contribution is 0.434. The minimum atomic E-state index is 0.496. The van der Waals surface area contributed by atoms with Crippen LogP contribution < -0.4 is 5.73 Å². The molecule has 27 heavy (non-hydrogen) atoms. The Morgan fingerprint density at radius 1 is 1.22 bits per heavy atom. The molecule has 1 heterocycles. The monoisotopic (exact) mass is 392 g/mol. The van der Waals surface area contributed by atoms with E-state index in [0.717, 1.165) is 35.3 Å². The molecule has 0 aliphatic heterocycles. The first-order valence-corrected chi connectivity index (χ1v) is 10.1. The summed E-state index contributed by atoms with van der Waals surface area (Å²) in [6.45, 7) is 13.9. The van der Waals surface area contributed by atoms with Crippen LogP contribution in [0.4, 0.5) is 5.95 Å². The van der Waals surface area contributed by atoms with Crippen molar-refractivity contribution in [1.82, 2.24) is 14.9 Å². The molecule has 1 fully saturated rings. The van der Waals surface area contributed by atoms with E-state index < -0.39 is 0 Å². The van der Waals surface area contributed by atoms with Gasteiger partial charge in [-0.1, -0.05) is 45.4 Å². The van der Waals surface area contributed by atoms with Gasteiger partial charge in [-0.15, -0.1) is 0 Å². The van der Waals surface area contributed by atoms with Crippen molar-refractivity contribution in [3.63, 3.8) is 0 Å². The van der Waals surface area contributed by atoms with E-state index in [2.05, 4.69) is 74.9 Å². The molecule has 1 aliphatic carbocycles. The highest BCUT2D eigenvalue weighted by molar-refractivity contribution is 6.30. The van der Waals surface area contributed by atoms with Crippen molar-refractivity contribution in [1.29, 1.82) is 0 Å². The molecule has 1 aromatic carbocycles. The molecule has 152 valence electrons. The average molecular weight is 393 g/mol. The maximum absolute atomic E-state index is 6.09. The number of nitrogens with zero attached hydrogens (tertiary/aromatic N) is 2. The normalized spacial score (nSPS) is 16.9. The number of hydrogen-bond donors (Lipinski definition) is 2. The summed E-state index contributed by atoms with van der Waals surface area (Å²) in [7, 11) is 4.11. The average Bonchev–Trinajstić information content (AvgIpc) is 3.13. The van der Waals surface area contributed by atoms with Crippen LogP contribution in [0.3, 0.4) is 0 Å². The van der Waals surface area contributed by atoms with Gasteiger partial charge in [0.05, 0.1) is 5.69 Å². The van der Waals surface area contributed by atoms with Crippen molar-refractivity contribution in [3.8, 4) is 0 Å². The molecule has 3 rings (SSSR count). The topological polar surface area (TPSA) is 57.9 Å². The van der Waals surface area contributed by atoms with Crippen LogP contribution >= 0.6 is 11.6 Å². The molecule has 4 nitrogen and oxygen atoms in total. The van der Waals surface area contributed by atoms with Crippen LogP contribution in [0.2, 0.25) is 5.02 Å². The van der Waals surface area contributed by atoms with E-state index in [1.54, 1.807) is 0 Å². The summed E-state index contributed by atoms with van der Waals surface area (Å²) in [5.41, 5.74) is 10.6. The van der Waals surface area contributed by atoms with E-state index in [1.165, 1.54) is 17.5 Å². The molecule has 0 saturated heterocycles. The lowest BCUT2D eigenvalue weighted by Crippen LogP contribution is -2.08. The number of aromatic nitrogens is 2. The molecule has 1 aromatic heterocycles. The van der Waals surface area contributed by atoms with Crippen molar-refractivity contribution >= 4 is 17.5 Å². The summed E-state index contributed by atoms with van der Waals surface area (Å²) in [6, 6.07) is 6.51. The number of anilines is 1. The molecule has 1 saturated carbocycles. The van der Waals surface area contributed by atoms with E-state index in [9.17, 15) is 0 Å². The fraction of sp³-hybridized carbons (Fsp3) is 0.591. The number of nitrogens with two attached hydrogens (primary N) is 1. The van der Waals surface area contributed by atoms with Gasteiger partial charge in [-0.25, -0.2) is 4.98 Å². The zero-order valence-electron chi connectivity index (χ0n) is 18.3. The Morgan fingerprint density at radius 3 is 2.07 bits per heavy atom. The van der Waals surface area contributed by atoms with Gasteiger partial charge in [0.25, 0.3) is 0 Å². The molecule has 3 N–H and O–H groups in total. The van der Waals surface area contributed by atoms with E-state index in [-0.39, 0.29) is 0 Å². The van der Waals surface area contributed by atoms with Crippen LogP contribution in [0, 0.1) is 19.3 Å². The summed E-state index contributed by atoms with van der Waals surface area (Å²) >= 11 is 6.09. The van der Waals surface area contributed by atoms with Crippen LogP contribution in [-0.4, -0.2) is 35.5 Å². The molecule has 5 heteroatoms. The second-order valence-electron chi connectivity index (χ2n) is 8.22. The molecular formula is C22H37ClN4. The molecule has 1 atom stereocenters. The van der Waals surface area contributed by atoms with Crippen molar-refractivity contribution < 1.29 is 0 Å². The van der Waals surface area contributed by atoms with Gasteiger partial charge >= 0.3 is 0 Å². The van der Waals surface area contributed by atoms with Crippen molar-refractivity contribution in [2.45, 2.75) is 60.3 Å². The smallest absolute Gasteiger partial charge is 0.197 e. The van der Waals surface area contributed by atoms with E-state index in [0.29, 0.717) is 11.4 Å². The van der Waals surface area contributed by atoms with E-state index in [4.69, 9.17) is 17.3 Å². The highest BCUT2D eigenvalue weighted by atomic mass is 35.5. The van der Waals surface area contributed by atoms with Crippen molar-refractivity contribution in [3.05, 3.63) is 45.7 Å². The Kier molecular flexibility index (Phi) is 8.83. The SMILES string of the molecule is CCN(C)C.CCc1cc(Cl)cc(C2CC2(C)C)c1.Cc1nc(N)[nH]c1C. The third kappa shape index (κ3) is 7.94. The van der Waals surface area contributed by atoms with Crippen LogP contribution in [0.1, 0.15) is 62.5 Å². The highest BCUT2D eigenvalue weighted by Gasteiger charge is 2.46. The number of halogens is 1. The van der Waals surface area contributed by atoms with Crippen LogP contribution in [0.25, 0.3) is 0 Å². The number of aromatic amines is 1. The molecule has 0 amide bonds. The summed E-state index contributed by atoms with van der Waals surface area (Å²) in [5, 5.41) is 0.891. The molecular weight excluding hydrogens is 356 g/mol. The fourth-order valence-electron chi connectivity index (χ4n) is 2.69. The Hall–Kier alpha value is -1.52. The molecule has 0 bridgehead atoms. The third-order valence-electron chi connectivity index (χ3n) is 5.08. The molecule has 1 aliphatic rings. The second kappa shape index (κ2) is 10.1. The van der Waals surface area contributed by atoms with Crippen molar-refractivity contribution in [2.24, 2.45) is 5.41 Å². The van der Waals surface area contributed by atoms with Crippen LogP contribution in [0.5, 0.6) is 0 Å². The number of nitrogen functional groups attached to an aromatic ring is 1. The Labute approximate surface area is 170 Å². The Balaban J connectivity index is 0.000000237. The maximum atomic E-state index is 6.09. The largest absolute Gasteiger partial charge is 0.369 e. The number of hydrogen-bond acceptors (Lipinski definition) is 3. The van der Waals surface area contributed by atoms with Crippen LogP contribution in [0.15, 0.2) is 18.2 Å². The quantitative estimate of drug-likeness (QED) is 0.715. The summed E-state index contributed by atoms with van der Waals surface area (Å²) < 4.78 is 0. The molecule has 0 radical (unpaired) electrons. The summed E-state index contributed by atoms with van der Waals surface area (Å²) in [6.07, 6.45) is 2.37. The summed E-state index contributed by atoms with van der Waals surface area (Å²) in [4.78, 5) is 8.93. The first-order valence-electron chi connectivity index (χ1n) is 9.72. The van der Waals surface area contributed by atoms with Gasteiger partial charge in [0.1, 0.15) is 0 Å². The molecule has 1 unspecified atom stereocenters. The number of nitrogens with one attached hydrogen (secondary N) is 1. The van der Waals surface area contributed by atoms with E-state index in [1.807, 2.05) is 13.8 Å². The van der Waals surface area contributed by atoms with Gasteiger partial charge in [-0.2, -0.15) is 0 Å². The maximum Gasteiger partial charge on any atom is 0.197 e. The van der Waals surface area contributed by atoms with Crippen LogP contribution in [-0.2, 0) is 6.42 Å². The number of rotatable bonds is 3. The van der Waals surface area contributed by atoms with E-state index >= 15 is 0 Å². The first kappa shape index (κ1) is 23.5. The lowest BCUT2D eigenvalue weighted by atomic mass is 10.0. The van der Waals surface area contributed by atoms with Crippen molar-refractivity contribution in [2.75, 3.05) is 26.4 Å². The zero-order chi connectivity index (χ0) is 20.8. The van der Waals surface area contributed by atoms with Gasteiger partial charge in [-0.05, 0) is 81.9 Å². The highest BCUT2D eigenvalue weighted by Crippen LogP contribution is 2.58. The Morgan fingerprint density at radius 2 is 1.78 bits per heavy atom. The van der Waals surface area contributed by atoms with Gasteiger partial charge in [0, 0.05) is 10.7 Å². The second-order valence-corrected chi connectivity index (χ2v) is 8.66. The third-order valence-corrected chi connectivity index (χ3v) is 5.30. The van der Waals surface area contributed by atoms with Gasteiger partial charge in [-0.3, -0.25) is 0 Å². The fourth-order valence-corrected chi connectivity index (χ4v) is 2.96. The lowest BCUT2D eigenvalue weighted by Gasteiger charge is -2.06. The molecule has 2 aromatic rings. The minimum absolute atomic E-state index is 0.496. The standard InChI is InChI=1S/C13H17Cl.C5H9N3.C4H11N/c1-4-9-5-10(7-11(14)6-9)12-8-13(12,2)3;1-3-4(2)8-5(6)7-3;1-4-5(2)3/h5-7,12H,4,8H2,1-3H3;1-2H3,(H3,6,7,8);4H2,1-3H3. The number of imidazole rings is 1. The van der Waals surface area contributed by atoms with Gasteiger partial charge in [0.15, 0.2) is 5.95 Å².